The molecule has 0 saturated heterocycles. The Kier molecular flexibility index (Phi) is 6.49. The van der Waals surface area contributed by atoms with Gasteiger partial charge in [-0.25, -0.2) is 9.97 Å². The standard InChI is InChI=1S/C16H20ClN3S/c1-3-20(4-2)10-11-21-15-12-14(17)18-16(19-15)13-8-6-5-7-9-13/h5-9,12H,3-4,10-11H2,1-2H3. The highest BCUT2D eigenvalue weighted by Gasteiger charge is 2.07. The van der Waals surface area contributed by atoms with E-state index >= 15 is 0 Å². The van der Waals surface area contributed by atoms with E-state index < -0.39 is 0 Å². The van der Waals surface area contributed by atoms with E-state index in [0.717, 1.165) is 36.0 Å². The minimum atomic E-state index is 0.495. The maximum absolute atomic E-state index is 6.12. The van der Waals surface area contributed by atoms with Gasteiger partial charge in [-0.15, -0.1) is 11.8 Å². The first-order valence-corrected chi connectivity index (χ1v) is 8.54. The molecule has 0 N–H and O–H groups in total. The molecule has 5 heteroatoms. The number of aromatic nitrogens is 2. The van der Waals surface area contributed by atoms with Crippen LogP contribution in [0.2, 0.25) is 5.15 Å². The smallest absolute Gasteiger partial charge is 0.162 e. The first kappa shape index (κ1) is 16.3. The van der Waals surface area contributed by atoms with Gasteiger partial charge in [-0.05, 0) is 13.1 Å². The van der Waals surface area contributed by atoms with Crippen LogP contribution in [0.25, 0.3) is 11.4 Å². The molecule has 21 heavy (non-hydrogen) atoms. The van der Waals surface area contributed by atoms with Crippen LogP contribution >= 0.6 is 23.4 Å². The number of hydrogen-bond acceptors (Lipinski definition) is 4. The van der Waals surface area contributed by atoms with E-state index in [2.05, 4.69) is 28.7 Å². The Morgan fingerprint density at radius 2 is 1.81 bits per heavy atom. The van der Waals surface area contributed by atoms with Gasteiger partial charge >= 0.3 is 0 Å². The Bertz CT molecular complexity index is 559. The van der Waals surface area contributed by atoms with E-state index in [1.54, 1.807) is 11.8 Å². The van der Waals surface area contributed by atoms with Crippen LogP contribution in [0.1, 0.15) is 13.8 Å². The number of rotatable bonds is 7. The molecule has 0 atom stereocenters. The van der Waals surface area contributed by atoms with Gasteiger partial charge in [-0.3, -0.25) is 0 Å². The second-order valence-electron chi connectivity index (χ2n) is 4.59. The van der Waals surface area contributed by atoms with Crippen molar-refractivity contribution in [3.8, 4) is 11.4 Å². The molecule has 1 heterocycles. The Morgan fingerprint density at radius 1 is 1.10 bits per heavy atom. The third-order valence-electron chi connectivity index (χ3n) is 3.26. The summed E-state index contributed by atoms with van der Waals surface area (Å²) in [5, 5.41) is 1.43. The Balaban J connectivity index is 2.06. The van der Waals surface area contributed by atoms with Gasteiger partial charge in [0.15, 0.2) is 5.82 Å². The van der Waals surface area contributed by atoms with Crippen LogP contribution < -0.4 is 0 Å². The van der Waals surface area contributed by atoms with E-state index in [9.17, 15) is 0 Å². The van der Waals surface area contributed by atoms with Crippen LogP contribution in [0, 0.1) is 0 Å². The van der Waals surface area contributed by atoms with Crippen LogP contribution in [0.15, 0.2) is 41.4 Å². The predicted octanol–water partition coefficient (Wildman–Crippen LogP) is 4.23. The van der Waals surface area contributed by atoms with E-state index in [1.807, 2.05) is 36.4 Å². The fourth-order valence-electron chi connectivity index (χ4n) is 2.01. The average Bonchev–Trinajstić information content (AvgIpc) is 2.52. The van der Waals surface area contributed by atoms with Crippen LogP contribution in [0.3, 0.4) is 0 Å². The maximum Gasteiger partial charge on any atom is 0.162 e. The lowest BCUT2D eigenvalue weighted by atomic mass is 10.2. The Morgan fingerprint density at radius 3 is 2.48 bits per heavy atom. The van der Waals surface area contributed by atoms with Gasteiger partial charge in [-0.1, -0.05) is 55.8 Å². The van der Waals surface area contributed by atoms with Gasteiger partial charge in [0.05, 0.1) is 0 Å². The summed E-state index contributed by atoms with van der Waals surface area (Å²) in [7, 11) is 0. The van der Waals surface area contributed by atoms with Crippen molar-refractivity contribution in [3.63, 3.8) is 0 Å². The first-order valence-electron chi connectivity index (χ1n) is 7.18. The summed E-state index contributed by atoms with van der Waals surface area (Å²) in [5.74, 6) is 1.69. The minimum absolute atomic E-state index is 0.495. The summed E-state index contributed by atoms with van der Waals surface area (Å²) in [5.41, 5.74) is 0.991. The molecule has 2 aromatic rings. The maximum atomic E-state index is 6.12. The second-order valence-corrected chi connectivity index (χ2v) is 6.10. The van der Waals surface area contributed by atoms with E-state index in [0.29, 0.717) is 11.0 Å². The monoisotopic (exact) mass is 321 g/mol. The van der Waals surface area contributed by atoms with Gasteiger partial charge in [0.2, 0.25) is 0 Å². The fourth-order valence-corrected chi connectivity index (χ4v) is 3.16. The largest absolute Gasteiger partial charge is 0.303 e. The van der Waals surface area contributed by atoms with Gasteiger partial charge in [0, 0.05) is 23.9 Å². The first-order chi connectivity index (χ1) is 10.2. The number of nitrogens with zero attached hydrogens (tertiary/aromatic N) is 3. The molecule has 1 aromatic heterocycles. The molecule has 0 spiro atoms. The van der Waals surface area contributed by atoms with E-state index in [-0.39, 0.29) is 0 Å². The summed E-state index contributed by atoms with van der Waals surface area (Å²) in [6, 6.07) is 11.8. The molecular formula is C16H20ClN3S. The summed E-state index contributed by atoms with van der Waals surface area (Å²) in [6.07, 6.45) is 0. The lowest BCUT2D eigenvalue weighted by Crippen LogP contribution is -2.25. The molecule has 0 aliphatic heterocycles. The molecule has 2 rings (SSSR count). The molecule has 1 aromatic carbocycles. The van der Waals surface area contributed by atoms with Crippen molar-refractivity contribution in [1.82, 2.24) is 14.9 Å². The van der Waals surface area contributed by atoms with Gasteiger partial charge < -0.3 is 4.90 Å². The van der Waals surface area contributed by atoms with E-state index in [1.165, 1.54) is 0 Å². The van der Waals surface area contributed by atoms with Crippen molar-refractivity contribution in [2.24, 2.45) is 0 Å². The van der Waals surface area contributed by atoms with Crippen LogP contribution in [-0.4, -0.2) is 40.3 Å². The Labute approximate surface area is 135 Å². The normalized spacial score (nSPS) is 11.0. The lowest BCUT2D eigenvalue weighted by molar-refractivity contribution is 0.324. The zero-order valence-corrected chi connectivity index (χ0v) is 14.0. The molecule has 0 unspecified atom stereocenters. The molecule has 0 bridgehead atoms. The zero-order chi connectivity index (χ0) is 15.1. The molecule has 112 valence electrons. The highest BCUT2D eigenvalue weighted by molar-refractivity contribution is 7.99. The zero-order valence-electron chi connectivity index (χ0n) is 12.4. The Hall–Kier alpha value is -1.10. The summed E-state index contributed by atoms with van der Waals surface area (Å²) >= 11 is 7.85. The molecule has 3 nitrogen and oxygen atoms in total. The third kappa shape index (κ3) is 4.99. The van der Waals surface area contributed by atoms with Crippen LogP contribution in [0.5, 0.6) is 0 Å². The molecule has 0 radical (unpaired) electrons. The highest BCUT2D eigenvalue weighted by atomic mass is 35.5. The molecule has 0 amide bonds. The minimum Gasteiger partial charge on any atom is -0.303 e. The lowest BCUT2D eigenvalue weighted by Gasteiger charge is -2.17. The van der Waals surface area contributed by atoms with Gasteiger partial charge in [0.1, 0.15) is 10.2 Å². The van der Waals surface area contributed by atoms with Crippen molar-refractivity contribution in [2.45, 2.75) is 18.9 Å². The SMILES string of the molecule is CCN(CC)CCSc1cc(Cl)nc(-c2ccccc2)n1. The van der Waals surface area contributed by atoms with Gasteiger partial charge in [-0.2, -0.15) is 0 Å². The van der Waals surface area contributed by atoms with Crippen LogP contribution in [0.4, 0.5) is 0 Å². The summed E-state index contributed by atoms with van der Waals surface area (Å²) in [4.78, 5) is 11.3. The van der Waals surface area contributed by atoms with Crippen molar-refractivity contribution >= 4 is 23.4 Å². The second kappa shape index (κ2) is 8.37. The quantitative estimate of drug-likeness (QED) is 0.563. The predicted molar refractivity (Wildman–Crippen MR) is 91.0 cm³/mol. The number of hydrogen-bond donors (Lipinski definition) is 0. The topological polar surface area (TPSA) is 29.0 Å². The highest BCUT2D eigenvalue weighted by Crippen LogP contribution is 2.23. The molecule has 0 aliphatic rings. The van der Waals surface area contributed by atoms with Gasteiger partial charge in [0.25, 0.3) is 0 Å². The number of halogens is 1. The van der Waals surface area contributed by atoms with E-state index in [4.69, 9.17) is 11.6 Å². The average molecular weight is 322 g/mol. The third-order valence-corrected chi connectivity index (χ3v) is 4.34. The number of thioether (sulfide) groups is 1. The van der Waals surface area contributed by atoms with Crippen molar-refractivity contribution in [2.75, 3.05) is 25.4 Å². The summed E-state index contributed by atoms with van der Waals surface area (Å²) < 4.78 is 0. The fraction of sp³-hybridized carbons (Fsp3) is 0.375. The molecular weight excluding hydrogens is 302 g/mol. The summed E-state index contributed by atoms with van der Waals surface area (Å²) in [6.45, 7) is 7.58. The molecule has 0 fully saturated rings. The van der Waals surface area contributed by atoms with Crippen LogP contribution in [-0.2, 0) is 0 Å². The molecule has 0 aliphatic carbocycles. The molecule has 0 saturated carbocycles. The van der Waals surface area contributed by atoms with Crippen molar-refractivity contribution in [3.05, 3.63) is 41.6 Å². The number of benzene rings is 1. The van der Waals surface area contributed by atoms with Crippen molar-refractivity contribution < 1.29 is 0 Å². The van der Waals surface area contributed by atoms with Crippen molar-refractivity contribution in [1.29, 1.82) is 0 Å².